The van der Waals surface area contributed by atoms with Crippen LogP contribution in [0, 0.1) is 0 Å². The lowest BCUT2D eigenvalue weighted by Gasteiger charge is -2.09. The molecule has 1 nitrogen and oxygen atoms in total. The fraction of sp³-hybridized carbons (Fsp3) is 0. The normalized spacial score (nSPS) is 11.9. The molecule has 0 aliphatic rings. The molecular formula is C24H14ClNS. The highest BCUT2D eigenvalue weighted by atomic mass is 35.5. The smallest absolute Gasteiger partial charge is 0.0640 e. The first-order valence-electron chi connectivity index (χ1n) is 8.90. The fourth-order valence-corrected chi connectivity index (χ4v) is 5.60. The summed E-state index contributed by atoms with van der Waals surface area (Å²) in [4.78, 5) is 0. The molecule has 0 aliphatic heterocycles. The SMILES string of the molecule is Clc1ccc2c(c1)sc1c(-n3c4ccccc4c4ccccc43)cccc12. The van der Waals surface area contributed by atoms with Gasteiger partial charge in [-0.25, -0.2) is 0 Å². The average Bonchev–Trinajstić information content (AvgIpc) is 3.23. The van der Waals surface area contributed by atoms with Crippen molar-refractivity contribution in [2.24, 2.45) is 0 Å². The summed E-state index contributed by atoms with van der Waals surface area (Å²) in [5, 5.41) is 5.91. The Balaban J connectivity index is 1.82. The molecule has 0 amide bonds. The molecule has 128 valence electrons. The van der Waals surface area contributed by atoms with Crippen LogP contribution in [0.1, 0.15) is 0 Å². The highest BCUT2D eigenvalue weighted by molar-refractivity contribution is 7.26. The van der Waals surface area contributed by atoms with Gasteiger partial charge in [0.2, 0.25) is 0 Å². The number of para-hydroxylation sites is 2. The lowest BCUT2D eigenvalue weighted by molar-refractivity contribution is 1.20. The van der Waals surface area contributed by atoms with Crippen molar-refractivity contribution >= 4 is 64.9 Å². The van der Waals surface area contributed by atoms with Gasteiger partial charge in [-0.05, 0) is 30.3 Å². The second-order valence-corrected chi connectivity index (χ2v) is 8.25. The minimum absolute atomic E-state index is 0.785. The summed E-state index contributed by atoms with van der Waals surface area (Å²) in [7, 11) is 0. The van der Waals surface area contributed by atoms with Gasteiger partial charge in [0.15, 0.2) is 0 Å². The van der Waals surface area contributed by atoms with Crippen LogP contribution in [0.15, 0.2) is 84.9 Å². The van der Waals surface area contributed by atoms with Crippen LogP contribution < -0.4 is 0 Å². The molecule has 2 heterocycles. The van der Waals surface area contributed by atoms with E-state index in [4.69, 9.17) is 11.6 Å². The Hall–Kier alpha value is -2.81. The Morgan fingerprint density at radius 3 is 2.04 bits per heavy atom. The summed E-state index contributed by atoms with van der Waals surface area (Å²) < 4.78 is 4.91. The van der Waals surface area contributed by atoms with Crippen LogP contribution in [0.3, 0.4) is 0 Å². The third-order valence-electron chi connectivity index (χ3n) is 5.26. The summed E-state index contributed by atoms with van der Waals surface area (Å²) in [6.45, 7) is 0. The van der Waals surface area contributed by atoms with Crippen molar-refractivity contribution in [1.29, 1.82) is 0 Å². The average molecular weight is 384 g/mol. The first-order valence-corrected chi connectivity index (χ1v) is 10.1. The van der Waals surface area contributed by atoms with E-state index in [-0.39, 0.29) is 0 Å². The Bertz CT molecular complexity index is 1440. The Labute approximate surface area is 165 Å². The maximum Gasteiger partial charge on any atom is 0.0640 e. The molecule has 0 radical (unpaired) electrons. The fourth-order valence-electron chi connectivity index (χ4n) is 4.12. The molecule has 6 aromatic rings. The van der Waals surface area contributed by atoms with Gasteiger partial charge >= 0.3 is 0 Å². The molecule has 0 spiro atoms. The summed E-state index contributed by atoms with van der Waals surface area (Å²) >= 11 is 8.06. The molecule has 0 saturated carbocycles. The zero-order chi connectivity index (χ0) is 18.0. The number of aromatic nitrogens is 1. The van der Waals surface area contributed by atoms with E-state index in [0.29, 0.717) is 0 Å². The zero-order valence-electron chi connectivity index (χ0n) is 14.3. The Morgan fingerprint density at radius 1 is 0.630 bits per heavy atom. The molecule has 6 rings (SSSR count). The van der Waals surface area contributed by atoms with Gasteiger partial charge in [0.1, 0.15) is 0 Å². The van der Waals surface area contributed by atoms with Crippen molar-refractivity contribution in [3.8, 4) is 5.69 Å². The Kier molecular flexibility index (Phi) is 3.16. The van der Waals surface area contributed by atoms with E-state index in [1.165, 1.54) is 47.7 Å². The first kappa shape index (κ1) is 15.3. The van der Waals surface area contributed by atoms with E-state index in [9.17, 15) is 0 Å². The van der Waals surface area contributed by atoms with Gasteiger partial charge in [-0.3, -0.25) is 0 Å². The summed E-state index contributed by atoms with van der Waals surface area (Å²) in [6, 6.07) is 30.0. The number of rotatable bonds is 1. The van der Waals surface area contributed by atoms with Crippen molar-refractivity contribution in [1.82, 2.24) is 4.57 Å². The zero-order valence-corrected chi connectivity index (χ0v) is 15.9. The number of hydrogen-bond donors (Lipinski definition) is 0. The summed E-state index contributed by atoms with van der Waals surface area (Å²) in [6.07, 6.45) is 0. The van der Waals surface area contributed by atoms with E-state index in [2.05, 4.69) is 83.4 Å². The molecule has 0 N–H and O–H groups in total. The van der Waals surface area contributed by atoms with Crippen molar-refractivity contribution in [2.75, 3.05) is 0 Å². The van der Waals surface area contributed by atoms with Crippen molar-refractivity contribution in [3.05, 3.63) is 90.0 Å². The van der Waals surface area contributed by atoms with E-state index in [0.717, 1.165) is 5.02 Å². The Morgan fingerprint density at radius 2 is 1.30 bits per heavy atom. The molecule has 0 aliphatic carbocycles. The number of hydrogen-bond acceptors (Lipinski definition) is 1. The molecule has 0 saturated heterocycles. The molecule has 0 atom stereocenters. The second-order valence-electron chi connectivity index (χ2n) is 6.77. The highest BCUT2D eigenvalue weighted by Crippen LogP contribution is 2.41. The number of halogens is 1. The molecule has 3 heteroatoms. The highest BCUT2D eigenvalue weighted by Gasteiger charge is 2.15. The van der Waals surface area contributed by atoms with E-state index in [1.54, 1.807) is 0 Å². The molecule has 0 unspecified atom stereocenters. The second kappa shape index (κ2) is 5.59. The van der Waals surface area contributed by atoms with Crippen LogP contribution in [-0.4, -0.2) is 4.57 Å². The van der Waals surface area contributed by atoms with Crippen molar-refractivity contribution in [3.63, 3.8) is 0 Å². The number of thiophene rings is 1. The lowest BCUT2D eigenvalue weighted by atomic mass is 10.1. The molecule has 0 fully saturated rings. The van der Waals surface area contributed by atoms with Gasteiger partial charge in [-0.1, -0.05) is 66.2 Å². The van der Waals surface area contributed by atoms with Crippen LogP contribution in [0.4, 0.5) is 0 Å². The van der Waals surface area contributed by atoms with E-state index in [1.807, 2.05) is 17.4 Å². The maximum atomic E-state index is 6.24. The number of benzene rings is 4. The lowest BCUT2D eigenvalue weighted by Crippen LogP contribution is -1.93. The van der Waals surface area contributed by atoms with Crippen LogP contribution in [0.25, 0.3) is 47.7 Å². The quantitative estimate of drug-likeness (QED) is 0.273. The topological polar surface area (TPSA) is 4.93 Å². The minimum atomic E-state index is 0.785. The number of fused-ring (bicyclic) bond motifs is 6. The first-order chi connectivity index (χ1) is 13.3. The van der Waals surface area contributed by atoms with Gasteiger partial charge < -0.3 is 4.57 Å². The monoisotopic (exact) mass is 383 g/mol. The van der Waals surface area contributed by atoms with E-state index >= 15 is 0 Å². The van der Waals surface area contributed by atoms with Crippen LogP contribution in [0.5, 0.6) is 0 Å². The minimum Gasteiger partial charge on any atom is -0.308 e. The molecule has 2 aromatic heterocycles. The third-order valence-corrected chi connectivity index (χ3v) is 6.69. The summed E-state index contributed by atoms with van der Waals surface area (Å²) in [5.41, 5.74) is 3.70. The molecule has 27 heavy (non-hydrogen) atoms. The van der Waals surface area contributed by atoms with Crippen molar-refractivity contribution < 1.29 is 0 Å². The van der Waals surface area contributed by atoms with Gasteiger partial charge in [-0.2, -0.15) is 0 Å². The van der Waals surface area contributed by atoms with Gasteiger partial charge in [-0.15, -0.1) is 11.3 Å². The predicted molar refractivity (Wildman–Crippen MR) is 119 cm³/mol. The van der Waals surface area contributed by atoms with Crippen LogP contribution in [0.2, 0.25) is 5.02 Å². The standard InChI is InChI=1S/C24H14ClNS/c25-15-12-13-18-19-8-5-11-22(24(19)27-23(18)14-15)26-20-9-3-1-6-16(20)17-7-2-4-10-21(17)26/h1-14H. The largest absolute Gasteiger partial charge is 0.308 e. The van der Waals surface area contributed by atoms with E-state index < -0.39 is 0 Å². The maximum absolute atomic E-state index is 6.24. The molecule has 4 aromatic carbocycles. The number of nitrogens with zero attached hydrogens (tertiary/aromatic N) is 1. The molecule has 0 bridgehead atoms. The van der Waals surface area contributed by atoms with Crippen LogP contribution >= 0.6 is 22.9 Å². The third kappa shape index (κ3) is 2.11. The molecular weight excluding hydrogens is 370 g/mol. The van der Waals surface area contributed by atoms with Gasteiger partial charge in [0.05, 0.1) is 21.4 Å². The van der Waals surface area contributed by atoms with Gasteiger partial charge in [0.25, 0.3) is 0 Å². The van der Waals surface area contributed by atoms with Crippen molar-refractivity contribution in [2.45, 2.75) is 0 Å². The van der Waals surface area contributed by atoms with Gasteiger partial charge in [0, 0.05) is 31.3 Å². The summed E-state index contributed by atoms with van der Waals surface area (Å²) in [5.74, 6) is 0. The predicted octanol–water partition coefficient (Wildman–Crippen LogP) is 7.81. The van der Waals surface area contributed by atoms with Crippen LogP contribution in [-0.2, 0) is 0 Å².